The Bertz CT molecular complexity index is 1230. The summed E-state index contributed by atoms with van der Waals surface area (Å²) in [6.45, 7) is 2.44. The smallest absolute Gasteiger partial charge is 0.353 e. The van der Waals surface area contributed by atoms with E-state index in [9.17, 15) is 13.8 Å². The lowest BCUT2D eigenvalue weighted by molar-refractivity contribution is 0.0724. The van der Waals surface area contributed by atoms with Gasteiger partial charge in [-0.1, -0.05) is 76.0 Å². The molecule has 3 N–H and O–H groups in total. The molecule has 3 rings (SSSR count). The maximum atomic E-state index is 13.6. The summed E-state index contributed by atoms with van der Waals surface area (Å²) in [7, 11) is -3.82. The van der Waals surface area contributed by atoms with Crippen LogP contribution in [-0.4, -0.2) is 55.0 Å². The average Bonchev–Trinajstić information content (AvgIpc) is 3.38. The lowest BCUT2D eigenvalue weighted by Crippen LogP contribution is -2.17. The summed E-state index contributed by atoms with van der Waals surface area (Å²) in [5, 5.41) is 0. The van der Waals surface area contributed by atoms with Gasteiger partial charge in [0, 0.05) is 5.75 Å². The summed E-state index contributed by atoms with van der Waals surface area (Å²) >= 11 is 1.75. The van der Waals surface area contributed by atoms with E-state index in [1.165, 1.54) is 64.1 Å². The number of ether oxygens (including phenoxy) is 1. The van der Waals surface area contributed by atoms with Crippen molar-refractivity contribution in [1.29, 1.82) is 0 Å². The SMILES string of the molecule is C[C@H](Cn1cnc2c(N)ncnc21)OCP(=O)(O)OCCSCCCCCCCCCCCCCc1ccccc1F. The van der Waals surface area contributed by atoms with Crippen molar-refractivity contribution < 1.29 is 23.1 Å². The normalized spacial score (nSPS) is 13.9. The van der Waals surface area contributed by atoms with E-state index in [2.05, 4.69) is 15.0 Å². The second-order valence-electron chi connectivity index (χ2n) is 10.7. The van der Waals surface area contributed by atoms with E-state index in [0.29, 0.717) is 29.3 Å². The van der Waals surface area contributed by atoms with E-state index < -0.39 is 7.60 Å². The van der Waals surface area contributed by atoms with E-state index in [4.69, 9.17) is 15.0 Å². The second-order valence-corrected chi connectivity index (χ2v) is 13.8. The number of aromatic nitrogens is 4. The summed E-state index contributed by atoms with van der Waals surface area (Å²) in [4.78, 5) is 22.4. The third-order valence-corrected chi connectivity index (χ3v) is 9.21. The Morgan fingerprint density at radius 2 is 1.64 bits per heavy atom. The fourth-order valence-electron chi connectivity index (χ4n) is 4.77. The highest BCUT2D eigenvalue weighted by atomic mass is 32.2. The summed E-state index contributed by atoms with van der Waals surface area (Å²) in [6, 6.07) is 7.09. The number of fused-ring (bicyclic) bond motifs is 1. The van der Waals surface area contributed by atoms with Crippen LogP contribution in [0.15, 0.2) is 36.9 Å². The van der Waals surface area contributed by atoms with Crippen molar-refractivity contribution in [2.45, 2.75) is 96.6 Å². The highest BCUT2D eigenvalue weighted by Gasteiger charge is 2.21. The molecule has 0 bridgehead atoms. The van der Waals surface area contributed by atoms with Crippen molar-refractivity contribution in [1.82, 2.24) is 19.5 Å². The van der Waals surface area contributed by atoms with Crippen molar-refractivity contribution in [3.63, 3.8) is 0 Å². The molecule has 0 radical (unpaired) electrons. The zero-order valence-electron chi connectivity index (χ0n) is 24.8. The standard InChI is InChI=1S/C30H47FN5O4PS/c1-25(21-36-23-35-28-29(32)33-22-34-30(28)36)39-24-41(37,38)40-18-20-42-19-14-10-8-6-4-2-3-5-7-9-11-15-26-16-12-13-17-27(26)31/h12-13,16-17,22-23,25H,2-11,14-15,18-21,24H2,1H3,(H,37,38)(H2,32,33,34)/t25-/m1/s1. The molecule has 0 amide bonds. The number of nitrogens with zero attached hydrogens (tertiary/aromatic N) is 4. The fourth-order valence-corrected chi connectivity index (χ4v) is 6.60. The van der Waals surface area contributed by atoms with Gasteiger partial charge < -0.3 is 24.5 Å². The largest absolute Gasteiger partial charge is 0.382 e. The van der Waals surface area contributed by atoms with Gasteiger partial charge in [-0.15, -0.1) is 0 Å². The van der Waals surface area contributed by atoms with Gasteiger partial charge in [0.25, 0.3) is 0 Å². The van der Waals surface area contributed by atoms with Crippen molar-refractivity contribution in [3.05, 3.63) is 48.3 Å². The molecule has 0 spiro atoms. The van der Waals surface area contributed by atoms with E-state index in [-0.39, 0.29) is 24.9 Å². The van der Waals surface area contributed by atoms with E-state index in [1.54, 1.807) is 34.8 Å². The van der Waals surface area contributed by atoms with E-state index in [0.717, 1.165) is 30.6 Å². The number of nitrogens with two attached hydrogens (primary N) is 1. The van der Waals surface area contributed by atoms with Crippen LogP contribution in [0.2, 0.25) is 0 Å². The molecule has 3 aromatic rings. The number of rotatable bonds is 23. The first-order valence-electron chi connectivity index (χ1n) is 15.2. The summed E-state index contributed by atoms with van der Waals surface area (Å²) in [5.41, 5.74) is 7.76. The van der Waals surface area contributed by atoms with Crippen LogP contribution in [-0.2, 0) is 26.8 Å². The summed E-state index contributed by atoms with van der Waals surface area (Å²) in [6.07, 6.45) is 16.7. The second kappa shape index (κ2) is 19.3. The molecule has 2 aromatic heterocycles. The van der Waals surface area contributed by atoms with Crippen LogP contribution in [0.4, 0.5) is 10.2 Å². The maximum absolute atomic E-state index is 13.6. The van der Waals surface area contributed by atoms with Crippen molar-refractivity contribution >= 4 is 36.3 Å². The lowest BCUT2D eigenvalue weighted by atomic mass is 10.0. The minimum atomic E-state index is -3.82. The van der Waals surface area contributed by atoms with E-state index in [1.807, 2.05) is 19.1 Å². The monoisotopic (exact) mass is 623 g/mol. The molecule has 0 fully saturated rings. The van der Waals surface area contributed by atoms with Gasteiger partial charge in [-0.05, 0) is 43.6 Å². The number of halogens is 1. The first kappa shape index (κ1) is 34.5. The highest BCUT2D eigenvalue weighted by molar-refractivity contribution is 7.99. The molecule has 12 heteroatoms. The molecule has 2 atom stereocenters. The van der Waals surface area contributed by atoms with Gasteiger partial charge in [0.2, 0.25) is 0 Å². The van der Waals surface area contributed by atoms with Crippen molar-refractivity contribution in [2.75, 3.05) is 30.2 Å². The molecule has 1 unspecified atom stereocenters. The predicted molar refractivity (Wildman–Crippen MR) is 169 cm³/mol. The molecule has 42 heavy (non-hydrogen) atoms. The number of nitrogen functional groups attached to an aromatic ring is 1. The van der Waals surface area contributed by atoms with Crippen molar-refractivity contribution in [3.8, 4) is 0 Å². The average molecular weight is 624 g/mol. The first-order chi connectivity index (χ1) is 20.4. The number of thioether (sulfide) groups is 1. The molecule has 2 heterocycles. The van der Waals surface area contributed by atoms with Crippen LogP contribution in [0.25, 0.3) is 11.2 Å². The van der Waals surface area contributed by atoms with Crippen LogP contribution in [0.3, 0.4) is 0 Å². The third-order valence-electron chi connectivity index (χ3n) is 7.12. The number of unbranched alkanes of at least 4 members (excludes halogenated alkanes) is 10. The fraction of sp³-hybridized carbons (Fsp3) is 0.633. The van der Waals surface area contributed by atoms with Crippen LogP contribution in [0.5, 0.6) is 0 Å². The molecule has 0 saturated heterocycles. The minimum absolute atomic E-state index is 0.0768. The van der Waals surface area contributed by atoms with Gasteiger partial charge in [-0.25, -0.2) is 19.3 Å². The molecule has 0 aliphatic heterocycles. The molecule has 1 aromatic carbocycles. The molecule has 234 valence electrons. The van der Waals surface area contributed by atoms with Gasteiger partial charge in [-0.3, -0.25) is 4.57 Å². The quantitative estimate of drug-likeness (QED) is 0.0822. The maximum Gasteiger partial charge on any atom is 0.353 e. The van der Waals surface area contributed by atoms with Gasteiger partial charge in [0.15, 0.2) is 11.5 Å². The number of anilines is 1. The van der Waals surface area contributed by atoms with Crippen LogP contribution in [0, 0.1) is 5.82 Å². The predicted octanol–water partition coefficient (Wildman–Crippen LogP) is 7.38. The Hall–Kier alpha value is -2.04. The topological polar surface area (TPSA) is 125 Å². The summed E-state index contributed by atoms with van der Waals surface area (Å²) in [5.74, 6) is 1.95. The number of hydrogen-bond acceptors (Lipinski definition) is 8. The number of aryl methyl sites for hydroxylation is 1. The van der Waals surface area contributed by atoms with Crippen molar-refractivity contribution in [2.24, 2.45) is 0 Å². The third kappa shape index (κ3) is 13.1. The molecule has 0 saturated carbocycles. The van der Waals surface area contributed by atoms with Crippen LogP contribution in [0.1, 0.15) is 83.1 Å². The van der Waals surface area contributed by atoms with Gasteiger partial charge in [0.05, 0.1) is 25.6 Å². The van der Waals surface area contributed by atoms with E-state index >= 15 is 0 Å². The minimum Gasteiger partial charge on any atom is -0.382 e. The van der Waals surface area contributed by atoms with Crippen LogP contribution >= 0.6 is 19.4 Å². The molecule has 0 aliphatic carbocycles. The lowest BCUT2D eigenvalue weighted by Gasteiger charge is -2.17. The zero-order chi connectivity index (χ0) is 30.0. The van der Waals surface area contributed by atoms with Gasteiger partial charge in [0.1, 0.15) is 24.0 Å². The van der Waals surface area contributed by atoms with Gasteiger partial charge >= 0.3 is 7.60 Å². The molecule has 9 nitrogen and oxygen atoms in total. The number of benzene rings is 1. The highest BCUT2D eigenvalue weighted by Crippen LogP contribution is 2.42. The Balaban J connectivity index is 1.08. The number of imidazole rings is 1. The number of hydrogen-bond donors (Lipinski definition) is 2. The first-order valence-corrected chi connectivity index (χ1v) is 18.1. The molecular weight excluding hydrogens is 576 g/mol. The Labute approximate surface area is 253 Å². The van der Waals surface area contributed by atoms with Gasteiger partial charge in [-0.2, -0.15) is 11.8 Å². The zero-order valence-corrected chi connectivity index (χ0v) is 26.5. The Morgan fingerprint density at radius 3 is 2.36 bits per heavy atom. The molecular formula is C30H47FN5O4PS. The Morgan fingerprint density at radius 1 is 0.976 bits per heavy atom. The molecule has 0 aliphatic rings. The Kier molecular flexibility index (Phi) is 15.8. The van der Waals surface area contributed by atoms with Crippen LogP contribution < -0.4 is 5.73 Å². The summed E-state index contributed by atoms with van der Waals surface area (Å²) < 4.78 is 38.5.